The van der Waals surface area contributed by atoms with Crippen LogP contribution in [0.1, 0.15) is 44.6 Å². The van der Waals surface area contributed by atoms with Crippen LogP contribution in [0, 0.1) is 23.2 Å². The fourth-order valence-electron chi connectivity index (χ4n) is 6.58. The third kappa shape index (κ3) is 3.36. The highest BCUT2D eigenvalue weighted by atomic mass is 16.6. The molecule has 0 unspecified atom stereocenters. The van der Waals surface area contributed by atoms with Gasteiger partial charge in [0.05, 0.1) is 25.2 Å². The van der Waals surface area contributed by atoms with Gasteiger partial charge in [0.15, 0.2) is 0 Å². The van der Waals surface area contributed by atoms with Crippen LogP contribution >= 0.6 is 0 Å². The molecule has 1 aromatic rings. The first-order chi connectivity index (χ1) is 14.0. The lowest BCUT2D eigenvalue weighted by atomic mass is 9.53. The molecule has 0 radical (unpaired) electrons. The van der Waals surface area contributed by atoms with E-state index in [-0.39, 0.29) is 29.0 Å². The van der Waals surface area contributed by atoms with Crippen molar-refractivity contribution < 1.29 is 19.0 Å². The minimum Gasteiger partial charge on any atom is -0.496 e. The number of hydrogen-bond acceptors (Lipinski definition) is 5. The van der Waals surface area contributed by atoms with Gasteiger partial charge in [0.2, 0.25) is 0 Å². The van der Waals surface area contributed by atoms with E-state index in [4.69, 9.17) is 14.2 Å². The Hall–Kier alpha value is -1.59. The molecule has 2 saturated heterocycles. The topological polar surface area (TPSA) is 60.1 Å². The van der Waals surface area contributed by atoms with Gasteiger partial charge in [0, 0.05) is 12.5 Å². The maximum Gasteiger partial charge on any atom is 0.310 e. The molecule has 4 fully saturated rings. The normalized spacial score (nSPS) is 40.3. The van der Waals surface area contributed by atoms with Crippen LogP contribution in [0.25, 0.3) is 0 Å². The second-order valence-electron chi connectivity index (χ2n) is 9.87. The van der Waals surface area contributed by atoms with Crippen molar-refractivity contribution in [2.75, 3.05) is 26.8 Å². The Balaban J connectivity index is 1.21. The number of nitrogens with one attached hydrogen (secondary N) is 1. The van der Waals surface area contributed by atoms with E-state index >= 15 is 0 Å². The Morgan fingerprint density at radius 3 is 2.90 bits per heavy atom. The van der Waals surface area contributed by atoms with Gasteiger partial charge in [-0.2, -0.15) is 0 Å². The predicted octanol–water partition coefficient (Wildman–Crippen LogP) is 3.35. The van der Waals surface area contributed by atoms with Crippen molar-refractivity contribution in [2.24, 2.45) is 23.2 Å². The Morgan fingerprint density at radius 2 is 2.10 bits per heavy atom. The van der Waals surface area contributed by atoms with Gasteiger partial charge >= 0.3 is 5.97 Å². The lowest BCUT2D eigenvalue weighted by Crippen LogP contribution is -2.51. The number of para-hydroxylation sites is 1. The Labute approximate surface area is 173 Å². The standard InChI is InChI=1S/C24H33NO4/c1-23-9-5-10-24(15-28-24)21(23)12-17-18(22(26)29-20(17)13-23)14-25-11-8-16-6-3-4-7-19(16)27-2/h3-4,6-7,17-18,20-21,25H,5,8-15H2,1-2H3/t17-,18-,20-,21-,23-,24+/m1/s1. The zero-order chi connectivity index (χ0) is 20.1. The second-order valence-corrected chi connectivity index (χ2v) is 9.87. The van der Waals surface area contributed by atoms with E-state index < -0.39 is 0 Å². The number of hydrogen-bond donors (Lipinski definition) is 1. The average molecular weight is 400 g/mol. The van der Waals surface area contributed by atoms with Crippen molar-refractivity contribution in [3.05, 3.63) is 29.8 Å². The smallest absolute Gasteiger partial charge is 0.310 e. The fourth-order valence-corrected chi connectivity index (χ4v) is 6.58. The first-order valence-electron chi connectivity index (χ1n) is 11.2. The molecule has 0 aromatic heterocycles. The largest absolute Gasteiger partial charge is 0.496 e. The summed E-state index contributed by atoms with van der Waals surface area (Å²) in [6.45, 7) is 4.85. The quantitative estimate of drug-likeness (QED) is 0.452. The van der Waals surface area contributed by atoms with Crippen LogP contribution in [0.15, 0.2) is 24.3 Å². The molecule has 2 aliphatic heterocycles. The maximum absolute atomic E-state index is 12.7. The van der Waals surface area contributed by atoms with E-state index in [1.165, 1.54) is 24.8 Å². The minimum absolute atomic E-state index is 0.00203. The first kappa shape index (κ1) is 19.4. The van der Waals surface area contributed by atoms with E-state index in [1.807, 2.05) is 18.2 Å². The van der Waals surface area contributed by atoms with E-state index in [9.17, 15) is 4.79 Å². The molecular formula is C24H33NO4. The molecule has 5 rings (SSSR count). The summed E-state index contributed by atoms with van der Waals surface area (Å²) >= 11 is 0. The highest BCUT2D eigenvalue weighted by molar-refractivity contribution is 5.75. The Morgan fingerprint density at radius 1 is 1.28 bits per heavy atom. The minimum atomic E-state index is -0.0278. The fraction of sp³-hybridized carbons (Fsp3) is 0.708. The molecular weight excluding hydrogens is 366 g/mol. The summed E-state index contributed by atoms with van der Waals surface area (Å²) in [5.74, 6) is 1.81. The molecule has 2 heterocycles. The van der Waals surface area contributed by atoms with Gasteiger partial charge in [0.25, 0.3) is 0 Å². The molecule has 1 spiro atoms. The van der Waals surface area contributed by atoms with Crippen molar-refractivity contribution in [1.82, 2.24) is 5.32 Å². The molecule has 0 amide bonds. The lowest BCUT2D eigenvalue weighted by molar-refractivity contribution is -0.147. The lowest BCUT2D eigenvalue weighted by Gasteiger charge is -2.51. The van der Waals surface area contributed by atoms with Crippen molar-refractivity contribution in [3.8, 4) is 5.75 Å². The number of rotatable bonds is 6. The van der Waals surface area contributed by atoms with Crippen molar-refractivity contribution >= 4 is 5.97 Å². The molecule has 1 aromatic carbocycles. The van der Waals surface area contributed by atoms with E-state index in [1.54, 1.807) is 7.11 Å². The number of epoxide rings is 1. The predicted molar refractivity (Wildman–Crippen MR) is 110 cm³/mol. The number of carbonyl (C=O) groups excluding carboxylic acids is 1. The average Bonchev–Trinajstić information content (AvgIpc) is 3.41. The molecule has 1 N–H and O–H groups in total. The van der Waals surface area contributed by atoms with Crippen LogP contribution in [0.3, 0.4) is 0 Å². The second kappa shape index (κ2) is 7.28. The molecule has 0 bridgehead atoms. The third-order valence-corrected chi connectivity index (χ3v) is 8.21. The van der Waals surface area contributed by atoms with Crippen LogP contribution in [0.2, 0.25) is 0 Å². The van der Waals surface area contributed by atoms with Gasteiger partial charge in [-0.25, -0.2) is 0 Å². The Kier molecular flexibility index (Phi) is 4.86. The van der Waals surface area contributed by atoms with Crippen LogP contribution in [-0.2, 0) is 20.7 Å². The van der Waals surface area contributed by atoms with Gasteiger partial charge in [0.1, 0.15) is 11.9 Å². The summed E-state index contributed by atoms with van der Waals surface area (Å²) in [6, 6.07) is 8.12. The van der Waals surface area contributed by atoms with Gasteiger partial charge in [-0.15, -0.1) is 0 Å². The van der Waals surface area contributed by atoms with E-state index in [0.29, 0.717) is 18.4 Å². The molecule has 5 nitrogen and oxygen atoms in total. The summed E-state index contributed by atoms with van der Waals surface area (Å²) < 4.78 is 17.3. The number of ether oxygens (including phenoxy) is 3. The highest BCUT2D eigenvalue weighted by Gasteiger charge is 2.64. The first-order valence-corrected chi connectivity index (χ1v) is 11.2. The molecule has 6 atom stereocenters. The summed E-state index contributed by atoms with van der Waals surface area (Å²) in [5, 5.41) is 3.52. The van der Waals surface area contributed by atoms with Crippen LogP contribution in [0.5, 0.6) is 5.75 Å². The van der Waals surface area contributed by atoms with Crippen molar-refractivity contribution in [3.63, 3.8) is 0 Å². The van der Waals surface area contributed by atoms with Crippen LogP contribution in [-0.4, -0.2) is 44.5 Å². The van der Waals surface area contributed by atoms with Crippen molar-refractivity contribution in [2.45, 2.75) is 57.2 Å². The monoisotopic (exact) mass is 399 g/mol. The van der Waals surface area contributed by atoms with E-state index in [2.05, 4.69) is 18.3 Å². The summed E-state index contributed by atoms with van der Waals surface area (Å²) in [6.07, 6.45) is 6.75. The zero-order valence-corrected chi connectivity index (χ0v) is 17.6. The van der Waals surface area contributed by atoms with Crippen LogP contribution < -0.4 is 10.1 Å². The number of carbonyl (C=O) groups is 1. The molecule has 4 aliphatic rings. The maximum atomic E-state index is 12.7. The molecule has 2 aliphatic carbocycles. The SMILES string of the molecule is COc1ccccc1CCNC[C@H]1C(=O)O[C@@H]2C[C@@]3(C)CCC[C@]4(CO4)[C@@H]3C[C@@H]21. The highest BCUT2D eigenvalue weighted by Crippen LogP contribution is 2.62. The molecule has 158 valence electrons. The number of esters is 1. The summed E-state index contributed by atoms with van der Waals surface area (Å²) in [4.78, 5) is 12.7. The molecule has 29 heavy (non-hydrogen) atoms. The van der Waals surface area contributed by atoms with Gasteiger partial charge in [-0.3, -0.25) is 4.79 Å². The Bertz CT molecular complexity index is 776. The number of fused-ring (bicyclic) bond motifs is 3. The van der Waals surface area contributed by atoms with Gasteiger partial charge < -0.3 is 19.5 Å². The van der Waals surface area contributed by atoms with Crippen molar-refractivity contribution in [1.29, 1.82) is 0 Å². The van der Waals surface area contributed by atoms with Crippen LogP contribution in [0.4, 0.5) is 0 Å². The zero-order valence-electron chi connectivity index (χ0n) is 17.6. The molecule has 5 heteroatoms. The van der Waals surface area contributed by atoms with E-state index in [0.717, 1.165) is 38.2 Å². The summed E-state index contributed by atoms with van der Waals surface area (Å²) in [5.41, 5.74) is 1.58. The third-order valence-electron chi connectivity index (χ3n) is 8.21. The number of methoxy groups -OCH3 is 1. The van der Waals surface area contributed by atoms with Gasteiger partial charge in [-0.05, 0) is 68.0 Å². The molecule has 2 saturated carbocycles. The summed E-state index contributed by atoms with van der Waals surface area (Å²) in [7, 11) is 1.71. The van der Waals surface area contributed by atoms with Gasteiger partial charge in [-0.1, -0.05) is 25.1 Å². The number of benzene rings is 1.